The van der Waals surface area contributed by atoms with Crippen molar-refractivity contribution in [3.05, 3.63) is 86.3 Å². The van der Waals surface area contributed by atoms with E-state index in [1.165, 1.54) is 0 Å². The van der Waals surface area contributed by atoms with Crippen LogP contribution in [0.15, 0.2) is 41.8 Å². The summed E-state index contributed by atoms with van der Waals surface area (Å²) in [6, 6.07) is 13.4. The van der Waals surface area contributed by atoms with Gasteiger partial charge in [0, 0.05) is 90.0 Å². The fourth-order valence-electron chi connectivity index (χ4n) is 17.7. The molecule has 0 saturated carbocycles. The number of ketones is 3. The molecule has 0 aliphatic carbocycles. The second-order valence-corrected chi connectivity index (χ2v) is 30.7. The lowest BCUT2D eigenvalue weighted by Gasteiger charge is -2.56. The number of fused-ring (bicyclic) bond motifs is 5. The summed E-state index contributed by atoms with van der Waals surface area (Å²) < 4.78 is 25.3. The van der Waals surface area contributed by atoms with Crippen molar-refractivity contribution in [2.45, 2.75) is 153 Å². The van der Waals surface area contributed by atoms with Gasteiger partial charge in [-0.1, -0.05) is 58.7 Å². The van der Waals surface area contributed by atoms with Crippen molar-refractivity contribution in [3.8, 4) is 0 Å². The minimum Gasteiger partial charge on any atom is -0.342 e. The van der Waals surface area contributed by atoms with Crippen LogP contribution < -0.4 is 4.90 Å². The lowest BCUT2D eigenvalue weighted by molar-refractivity contribution is -0.132. The van der Waals surface area contributed by atoms with Crippen LogP contribution in [-0.2, 0) is 45.4 Å². The highest BCUT2D eigenvalue weighted by Crippen LogP contribution is 2.68. The molecule has 14 nitrogen and oxygen atoms in total. The normalized spacial score (nSPS) is 30.5. The van der Waals surface area contributed by atoms with Crippen molar-refractivity contribution in [1.82, 2.24) is 34.3 Å². The molecule has 10 heterocycles. The first-order valence-corrected chi connectivity index (χ1v) is 33.9. The molecule has 9 aliphatic rings. The number of likely N-dealkylation sites (tertiary alicyclic amines) is 1. The Morgan fingerprint density at radius 3 is 1.62 bits per heavy atom. The topological polar surface area (TPSA) is 128 Å². The molecule has 4 atom stereocenters. The third-order valence-corrected chi connectivity index (χ3v) is 24.5. The van der Waals surface area contributed by atoms with Crippen molar-refractivity contribution in [2.75, 3.05) is 128 Å². The predicted octanol–water partition coefficient (Wildman–Crippen LogP) is 6.76. The van der Waals surface area contributed by atoms with E-state index in [0.29, 0.717) is 38.4 Å². The van der Waals surface area contributed by atoms with Gasteiger partial charge in [0.1, 0.15) is 11.3 Å². The summed E-state index contributed by atoms with van der Waals surface area (Å²) in [6.45, 7) is 30.2. The quantitative estimate of drug-likeness (QED) is 0.133. The highest BCUT2D eigenvalue weighted by Gasteiger charge is 2.72. The van der Waals surface area contributed by atoms with E-state index in [-0.39, 0.29) is 65.2 Å². The first-order valence-electron chi connectivity index (χ1n) is 31.2. The number of aryl methyl sites for hydroxylation is 4. The van der Waals surface area contributed by atoms with Crippen molar-refractivity contribution < 1.29 is 27.6 Å². The van der Waals surface area contributed by atoms with Crippen LogP contribution in [0.4, 0.5) is 5.00 Å². The summed E-state index contributed by atoms with van der Waals surface area (Å²) in [5.74, 6) is 1.82. The van der Waals surface area contributed by atoms with Crippen molar-refractivity contribution in [3.63, 3.8) is 0 Å². The van der Waals surface area contributed by atoms with Crippen LogP contribution in [0, 0.1) is 39.5 Å². The van der Waals surface area contributed by atoms with Gasteiger partial charge in [-0.15, -0.1) is 11.3 Å². The number of amides is 1. The van der Waals surface area contributed by atoms with Gasteiger partial charge < -0.3 is 19.6 Å². The Morgan fingerprint density at radius 2 is 1.11 bits per heavy atom. The molecule has 9 aliphatic heterocycles. The average molecular weight is 1150 g/mol. The van der Waals surface area contributed by atoms with Crippen LogP contribution in [0.25, 0.3) is 0 Å². The molecule has 0 spiro atoms. The molecule has 2 aromatic carbocycles. The van der Waals surface area contributed by atoms with E-state index in [0.717, 1.165) is 180 Å². The van der Waals surface area contributed by atoms with E-state index in [1.54, 1.807) is 11.3 Å². The second kappa shape index (κ2) is 21.9. The second-order valence-electron chi connectivity index (χ2n) is 27.6. The van der Waals surface area contributed by atoms with Gasteiger partial charge in [0.2, 0.25) is 5.91 Å². The maximum absolute atomic E-state index is 17.7. The van der Waals surface area contributed by atoms with Crippen molar-refractivity contribution in [2.24, 2.45) is 11.8 Å². The average Bonchev–Trinajstić information content (AvgIpc) is 1.99. The molecule has 4 bridgehead atoms. The number of piperidine rings is 2. The Hall–Kier alpha value is -3.87. The Bertz CT molecular complexity index is 2910. The maximum Gasteiger partial charge on any atom is 0.236 e. The predicted molar refractivity (Wildman–Crippen MR) is 322 cm³/mol. The number of carbonyl (C=O) groups is 4. The Morgan fingerprint density at radius 1 is 0.605 bits per heavy atom. The number of rotatable bonds is 18. The van der Waals surface area contributed by atoms with Gasteiger partial charge in [0.25, 0.3) is 0 Å². The lowest BCUT2D eigenvalue weighted by Crippen LogP contribution is -2.69. The van der Waals surface area contributed by atoms with E-state index >= 15 is 14.4 Å². The van der Waals surface area contributed by atoms with Crippen LogP contribution in [-0.4, -0.2) is 212 Å². The zero-order chi connectivity index (χ0) is 57.0. The van der Waals surface area contributed by atoms with Gasteiger partial charge in [-0.25, -0.2) is 8.42 Å². The Labute approximate surface area is 487 Å². The van der Waals surface area contributed by atoms with Crippen LogP contribution in [0.5, 0.6) is 0 Å². The first kappa shape index (κ1) is 57.6. The standard InChI is InChI=1S/C65H92N8O6S2/c1-44-35-45(2)38-50(37-44)65(51-39-46(3)36-47(4)40-51)64(17-25-67-26-28-68(29-27-67)41-55(75)70-18-9-10-19-70,54(74)15-20-66-30-32-69(33-31-66)52-16-34-81(78,79)43-52)56-53(62(5,6)59(76)57-48-11-21-71(57)22-12-48)42-80-61(56)73(65)63(7,8)60(77)58-49-13-23-72(58)24-14-49/h35-40,42,48-49,52,57-58H,9-34,41,43H2,1-8H3. The molecule has 16 heteroatoms. The highest BCUT2D eigenvalue weighted by molar-refractivity contribution is 7.91. The van der Waals surface area contributed by atoms with Crippen molar-refractivity contribution >= 4 is 49.4 Å². The SMILES string of the molecule is Cc1cc(C)cc(C2(c3cc(C)cc(C)c3)N(C(C)(C)C(=O)C3C4CCN3CC4)c3scc(C(C)(C)C(=O)C4C5CCN4CC5)c3C2(CCN2CCN(CC(=O)N3CCCC3)CC2)C(=O)CCN2CCN(C3CCS(=O)(=O)C3)CC2)c1. The molecule has 0 N–H and O–H groups in total. The molecule has 8 saturated heterocycles. The zero-order valence-electron chi connectivity index (χ0n) is 50.1. The summed E-state index contributed by atoms with van der Waals surface area (Å²) in [5.41, 5.74) is 3.47. The molecule has 4 unspecified atom stereocenters. The summed E-state index contributed by atoms with van der Waals surface area (Å²) >= 11 is 1.65. The van der Waals surface area contributed by atoms with Gasteiger partial charge >= 0.3 is 0 Å². The summed E-state index contributed by atoms with van der Waals surface area (Å²) in [4.78, 5) is 82.6. The zero-order valence-corrected chi connectivity index (χ0v) is 51.7. The Balaban J connectivity index is 1.05. The molecule has 0 radical (unpaired) electrons. The van der Waals surface area contributed by atoms with E-state index in [9.17, 15) is 13.2 Å². The summed E-state index contributed by atoms with van der Waals surface area (Å²) in [7, 11) is -3.03. The van der Waals surface area contributed by atoms with Crippen LogP contribution in [0.2, 0.25) is 0 Å². The maximum atomic E-state index is 17.7. The molecular weight excluding hydrogens is 1050 g/mol. The number of nitrogens with zero attached hydrogens (tertiary/aromatic N) is 8. The number of Topliss-reactive ketones (excluding diaryl/α,β-unsaturated/α-hetero) is 3. The largest absolute Gasteiger partial charge is 0.342 e. The summed E-state index contributed by atoms with van der Waals surface area (Å²) in [6.07, 6.45) is 7.57. The third kappa shape index (κ3) is 9.94. The first-order chi connectivity index (χ1) is 38.6. The minimum absolute atomic E-state index is 0.0372. The summed E-state index contributed by atoms with van der Waals surface area (Å²) in [5, 5.41) is 3.16. The van der Waals surface area contributed by atoms with E-state index in [4.69, 9.17) is 0 Å². The number of sulfone groups is 1. The third-order valence-electron chi connectivity index (χ3n) is 21.8. The fourth-order valence-corrected chi connectivity index (χ4v) is 20.9. The molecular formula is C65H92N8O6S2. The molecule has 1 amide bonds. The van der Waals surface area contributed by atoms with E-state index < -0.39 is 31.7 Å². The monoisotopic (exact) mass is 1140 g/mol. The van der Waals surface area contributed by atoms with Crippen LogP contribution in [0.1, 0.15) is 130 Å². The van der Waals surface area contributed by atoms with E-state index in [1.807, 2.05) is 4.90 Å². The van der Waals surface area contributed by atoms with Gasteiger partial charge in [0.15, 0.2) is 21.4 Å². The number of piperazine rings is 2. The molecule has 8 fully saturated rings. The molecule has 12 rings (SSSR count). The number of hydrogen-bond acceptors (Lipinski definition) is 14. The van der Waals surface area contributed by atoms with Gasteiger partial charge in [-0.2, -0.15) is 0 Å². The smallest absolute Gasteiger partial charge is 0.236 e. The fraction of sp³-hybridized carbons (Fsp3) is 0.692. The van der Waals surface area contributed by atoms with Crippen LogP contribution >= 0.6 is 11.3 Å². The van der Waals surface area contributed by atoms with Crippen LogP contribution in [0.3, 0.4) is 0 Å². The lowest BCUT2D eigenvalue weighted by atomic mass is 9.54. The number of thiophene rings is 1. The van der Waals surface area contributed by atoms with Gasteiger partial charge in [-0.05, 0) is 173 Å². The molecule has 1 aromatic heterocycles. The number of benzene rings is 2. The number of carbonyl (C=O) groups excluding carboxylic acids is 4. The number of anilines is 1. The van der Waals surface area contributed by atoms with E-state index in [2.05, 4.69) is 131 Å². The van der Waals surface area contributed by atoms with Crippen molar-refractivity contribution in [1.29, 1.82) is 0 Å². The molecule has 440 valence electrons. The molecule has 81 heavy (non-hydrogen) atoms. The number of hydrogen-bond donors (Lipinski definition) is 0. The Kier molecular flexibility index (Phi) is 15.5. The van der Waals surface area contributed by atoms with Gasteiger partial charge in [-0.3, -0.25) is 38.8 Å². The highest BCUT2D eigenvalue weighted by atomic mass is 32.2. The molecule has 3 aromatic rings. The van der Waals surface area contributed by atoms with Gasteiger partial charge in [0.05, 0.1) is 51.5 Å². The minimum atomic E-state index is -3.03.